The predicted octanol–water partition coefficient (Wildman–Crippen LogP) is 3.75. The van der Waals surface area contributed by atoms with Crippen molar-refractivity contribution in [3.63, 3.8) is 0 Å². The molecule has 1 saturated carbocycles. The molecule has 1 saturated heterocycles. The van der Waals surface area contributed by atoms with Crippen LogP contribution in [0.5, 0.6) is 11.5 Å². The Morgan fingerprint density at radius 3 is 2.59 bits per heavy atom. The summed E-state index contributed by atoms with van der Waals surface area (Å²) in [5, 5.41) is 11.7. The van der Waals surface area contributed by atoms with Crippen LogP contribution in [0.15, 0.2) is 48.5 Å². The Morgan fingerprint density at radius 1 is 1.00 bits per heavy atom. The lowest BCUT2D eigenvalue weighted by Gasteiger charge is -2.52. The molecule has 3 atom stereocenters. The van der Waals surface area contributed by atoms with Crippen molar-refractivity contribution >= 4 is 5.91 Å². The van der Waals surface area contributed by atoms with Crippen molar-refractivity contribution in [1.82, 2.24) is 4.90 Å². The fourth-order valence-corrected chi connectivity index (χ4v) is 5.36. The smallest absolute Gasteiger partial charge is 0.254 e. The average Bonchev–Trinajstić information content (AvgIpc) is 2.79. The molecule has 3 aliphatic rings. The molecule has 5 heteroatoms. The van der Waals surface area contributed by atoms with Crippen LogP contribution < -0.4 is 9.47 Å². The third kappa shape index (κ3) is 3.18. The topological polar surface area (TPSA) is 59.0 Å². The number of fused-ring (bicyclic) bond motifs is 2. The quantitative estimate of drug-likeness (QED) is 0.844. The molecule has 0 bridgehead atoms. The summed E-state index contributed by atoms with van der Waals surface area (Å²) in [6.45, 7) is 1.59. The summed E-state index contributed by atoms with van der Waals surface area (Å²) >= 11 is 0. The van der Waals surface area contributed by atoms with E-state index in [1.54, 1.807) is 6.07 Å². The van der Waals surface area contributed by atoms with Gasteiger partial charge in [0, 0.05) is 24.1 Å². The molecule has 2 aromatic rings. The van der Waals surface area contributed by atoms with Gasteiger partial charge in [-0.15, -0.1) is 0 Å². The number of aliphatic hydroxyl groups is 1. The molecule has 2 aromatic carbocycles. The minimum absolute atomic E-state index is 0.0222. The molecule has 2 heterocycles. The summed E-state index contributed by atoms with van der Waals surface area (Å²) in [6, 6.07) is 15.5. The van der Waals surface area contributed by atoms with Crippen molar-refractivity contribution in [2.24, 2.45) is 5.92 Å². The van der Waals surface area contributed by atoms with E-state index in [0.717, 1.165) is 31.2 Å². The van der Waals surface area contributed by atoms with E-state index in [2.05, 4.69) is 0 Å². The second kappa shape index (κ2) is 7.38. The Labute approximate surface area is 171 Å². The van der Waals surface area contributed by atoms with Gasteiger partial charge in [0.15, 0.2) is 11.5 Å². The standard InChI is InChI=1S/C24H27NO4/c26-23(17-10-11-21-22(16-17)29-15-14-28-21)25-13-12-24(27,18-6-2-1-3-7-18)19-8-4-5-9-20(19)25/h1-3,6-7,10-11,16,19-20,27H,4-5,8-9,12-15H2/t19-,20?,24+/m0/s1. The van der Waals surface area contributed by atoms with Gasteiger partial charge >= 0.3 is 0 Å². The van der Waals surface area contributed by atoms with Gasteiger partial charge in [0.2, 0.25) is 0 Å². The van der Waals surface area contributed by atoms with Crippen molar-refractivity contribution in [2.45, 2.75) is 43.7 Å². The molecule has 0 aromatic heterocycles. The van der Waals surface area contributed by atoms with Crippen LogP contribution in [0.3, 0.4) is 0 Å². The highest BCUT2D eigenvalue weighted by Gasteiger charge is 2.50. The molecule has 2 fully saturated rings. The van der Waals surface area contributed by atoms with Gasteiger partial charge in [-0.05, 0) is 43.0 Å². The molecule has 2 aliphatic heterocycles. The third-order valence-electron chi connectivity index (χ3n) is 6.80. The molecule has 152 valence electrons. The predicted molar refractivity (Wildman–Crippen MR) is 109 cm³/mol. The highest BCUT2D eigenvalue weighted by atomic mass is 16.6. The Bertz CT molecular complexity index is 899. The maximum absolute atomic E-state index is 13.4. The molecule has 29 heavy (non-hydrogen) atoms. The summed E-state index contributed by atoms with van der Waals surface area (Å²) < 4.78 is 11.2. The van der Waals surface area contributed by atoms with E-state index in [0.29, 0.717) is 43.2 Å². The number of hydrogen-bond donors (Lipinski definition) is 1. The zero-order valence-corrected chi connectivity index (χ0v) is 16.5. The fourth-order valence-electron chi connectivity index (χ4n) is 5.36. The van der Waals surface area contributed by atoms with Gasteiger partial charge in [-0.25, -0.2) is 0 Å². The van der Waals surface area contributed by atoms with Crippen molar-refractivity contribution < 1.29 is 19.4 Å². The monoisotopic (exact) mass is 393 g/mol. The fraction of sp³-hybridized carbons (Fsp3) is 0.458. The summed E-state index contributed by atoms with van der Waals surface area (Å²) in [5.41, 5.74) is 0.739. The summed E-state index contributed by atoms with van der Waals surface area (Å²) in [6.07, 6.45) is 4.64. The first-order chi connectivity index (χ1) is 14.2. The molecule has 5 nitrogen and oxygen atoms in total. The van der Waals surface area contributed by atoms with Crippen molar-refractivity contribution in [1.29, 1.82) is 0 Å². The van der Waals surface area contributed by atoms with Crippen LogP contribution in [-0.2, 0) is 5.60 Å². The lowest BCUT2D eigenvalue weighted by molar-refractivity contribution is -0.110. The van der Waals surface area contributed by atoms with E-state index in [-0.39, 0.29) is 17.9 Å². The van der Waals surface area contributed by atoms with Gasteiger partial charge in [0.25, 0.3) is 5.91 Å². The minimum atomic E-state index is -0.865. The number of hydrogen-bond acceptors (Lipinski definition) is 4. The largest absolute Gasteiger partial charge is 0.486 e. The van der Waals surface area contributed by atoms with Gasteiger partial charge in [0.05, 0.1) is 5.60 Å². The molecule has 1 N–H and O–H groups in total. The van der Waals surface area contributed by atoms with E-state index in [1.165, 1.54) is 0 Å². The van der Waals surface area contributed by atoms with Gasteiger partial charge in [-0.1, -0.05) is 43.2 Å². The van der Waals surface area contributed by atoms with Gasteiger partial charge in [0.1, 0.15) is 13.2 Å². The first kappa shape index (κ1) is 18.5. The first-order valence-corrected chi connectivity index (χ1v) is 10.7. The molecule has 1 amide bonds. The van der Waals surface area contributed by atoms with Gasteiger partial charge in [-0.2, -0.15) is 0 Å². The van der Waals surface area contributed by atoms with Crippen molar-refractivity contribution in [3.8, 4) is 11.5 Å². The van der Waals surface area contributed by atoms with Crippen LogP contribution in [0.2, 0.25) is 0 Å². The number of likely N-dealkylation sites (tertiary alicyclic amines) is 1. The van der Waals surface area contributed by atoms with Crippen LogP contribution in [0.1, 0.15) is 48.0 Å². The number of carbonyl (C=O) groups is 1. The van der Waals surface area contributed by atoms with Crippen LogP contribution in [0.25, 0.3) is 0 Å². The molecule has 1 unspecified atom stereocenters. The number of amides is 1. The first-order valence-electron chi connectivity index (χ1n) is 10.7. The highest BCUT2D eigenvalue weighted by molar-refractivity contribution is 5.95. The van der Waals surface area contributed by atoms with Gasteiger partial charge < -0.3 is 19.5 Å². The number of piperidine rings is 1. The van der Waals surface area contributed by atoms with E-state index in [9.17, 15) is 9.90 Å². The second-order valence-corrected chi connectivity index (χ2v) is 8.36. The van der Waals surface area contributed by atoms with E-state index in [1.807, 2.05) is 47.4 Å². The molecule has 5 rings (SSSR count). The summed E-state index contributed by atoms with van der Waals surface area (Å²) in [4.78, 5) is 15.4. The molecule has 0 spiro atoms. The maximum atomic E-state index is 13.4. The molecular formula is C24H27NO4. The number of rotatable bonds is 2. The lowest BCUT2D eigenvalue weighted by Crippen LogP contribution is -2.59. The van der Waals surface area contributed by atoms with Crippen LogP contribution in [-0.4, -0.2) is 41.7 Å². The van der Waals surface area contributed by atoms with E-state index in [4.69, 9.17) is 9.47 Å². The molecule has 0 radical (unpaired) electrons. The SMILES string of the molecule is O=C(c1ccc2c(c1)OCCO2)N1CC[C@@](O)(c2ccccc2)[C@H]2CCCCC21. The van der Waals surface area contributed by atoms with E-state index < -0.39 is 5.60 Å². The maximum Gasteiger partial charge on any atom is 0.254 e. The average molecular weight is 393 g/mol. The number of ether oxygens (including phenoxy) is 2. The number of carbonyl (C=O) groups excluding carboxylic acids is 1. The summed E-state index contributed by atoms with van der Waals surface area (Å²) in [5.74, 6) is 1.42. The Balaban J connectivity index is 1.44. The Hall–Kier alpha value is -2.53. The van der Waals surface area contributed by atoms with Crippen LogP contribution in [0.4, 0.5) is 0 Å². The molecular weight excluding hydrogens is 366 g/mol. The zero-order chi connectivity index (χ0) is 19.8. The van der Waals surface area contributed by atoms with E-state index >= 15 is 0 Å². The van der Waals surface area contributed by atoms with Crippen LogP contribution in [0, 0.1) is 5.92 Å². The summed E-state index contributed by atoms with van der Waals surface area (Å²) in [7, 11) is 0. The Kier molecular flexibility index (Phi) is 4.70. The second-order valence-electron chi connectivity index (χ2n) is 8.36. The number of nitrogens with zero attached hydrogens (tertiary/aromatic N) is 1. The normalized spacial score (nSPS) is 28.5. The van der Waals surface area contributed by atoms with Crippen molar-refractivity contribution in [3.05, 3.63) is 59.7 Å². The Morgan fingerprint density at radius 2 is 1.76 bits per heavy atom. The highest BCUT2D eigenvalue weighted by Crippen LogP contribution is 2.47. The van der Waals surface area contributed by atoms with Gasteiger partial charge in [-0.3, -0.25) is 4.79 Å². The minimum Gasteiger partial charge on any atom is -0.486 e. The zero-order valence-electron chi connectivity index (χ0n) is 16.5. The van der Waals surface area contributed by atoms with Crippen molar-refractivity contribution in [2.75, 3.05) is 19.8 Å². The third-order valence-corrected chi connectivity index (χ3v) is 6.80. The lowest BCUT2D eigenvalue weighted by atomic mass is 9.66. The molecule has 1 aliphatic carbocycles. The van der Waals surface area contributed by atoms with Crippen LogP contribution >= 0.6 is 0 Å². The number of benzene rings is 2.